The SMILES string of the molecule is O=C(N1CCOCC1)N1CCC[C@@H](Oc2ccncn2)C1. The van der Waals surface area contributed by atoms with Gasteiger partial charge in [0.2, 0.25) is 5.88 Å². The van der Waals surface area contributed by atoms with E-state index < -0.39 is 0 Å². The van der Waals surface area contributed by atoms with Crippen molar-refractivity contribution in [3.05, 3.63) is 18.6 Å². The second-order valence-corrected chi connectivity index (χ2v) is 5.26. The van der Waals surface area contributed by atoms with Gasteiger partial charge in [-0.05, 0) is 12.8 Å². The van der Waals surface area contributed by atoms with Crippen molar-refractivity contribution in [2.45, 2.75) is 18.9 Å². The van der Waals surface area contributed by atoms with Crippen molar-refractivity contribution < 1.29 is 14.3 Å². The molecule has 2 saturated heterocycles. The number of carbonyl (C=O) groups is 1. The van der Waals surface area contributed by atoms with Gasteiger partial charge in [-0.1, -0.05) is 0 Å². The molecule has 2 fully saturated rings. The molecule has 7 nitrogen and oxygen atoms in total. The Labute approximate surface area is 123 Å². The smallest absolute Gasteiger partial charge is 0.320 e. The molecule has 0 bridgehead atoms. The molecule has 3 rings (SSSR count). The zero-order valence-corrected chi connectivity index (χ0v) is 12.0. The van der Waals surface area contributed by atoms with Crippen LogP contribution >= 0.6 is 0 Å². The number of piperidine rings is 1. The van der Waals surface area contributed by atoms with E-state index in [1.54, 1.807) is 12.3 Å². The lowest BCUT2D eigenvalue weighted by Gasteiger charge is -2.37. The zero-order valence-electron chi connectivity index (χ0n) is 12.0. The number of amides is 2. The van der Waals surface area contributed by atoms with E-state index in [9.17, 15) is 4.79 Å². The third kappa shape index (κ3) is 3.60. The Morgan fingerprint density at radius 3 is 2.90 bits per heavy atom. The predicted octanol–water partition coefficient (Wildman–Crippen LogP) is 0.772. The topological polar surface area (TPSA) is 67.8 Å². The molecule has 1 atom stereocenters. The molecule has 3 heterocycles. The third-order valence-electron chi connectivity index (χ3n) is 3.77. The average Bonchev–Trinajstić information content (AvgIpc) is 2.56. The largest absolute Gasteiger partial charge is 0.472 e. The summed E-state index contributed by atoms with van der Waals surface area (Å²) in [4.78, 5) is 24.1. The molecule has 0 N–H and O–H groups in total. The highest BCUT2D eigenvalue weighted by molar-refractivity contribution is 5.74. The van der Waals surface area contributed by atoms with E-state index in [-0.39, 0.29) is 12.1 Å². The van der Waals surface area contributed by atoms with E-state index in [2.05, 4.69) is 9.97 Å². The van der Waals surface area contributed by atoms with Gasteiger partial charge in [-0.15, -0.1) is 0 Å². The van der Waals surface area contributed by atoms with Crippen molar-refractivity contribution in [2.75, 3.05) is 39.4 Å². The van der Waals surface area contributed by atoms with E-state index in [1.165, 1.54) is 6.33 Å². The maximum absolute atomic E-state index is 12.5. The van der Waals surface area contributed by atoms with Crippen LogP contribution in [0.4, 0.5) is 4.79 Å². The van der Waals surface area contributed by atoms with Crippen LogP contribution in [0.3, 0.4) is 0 Å². The van der Waals surface area contributed by atoms with Crippen LogP contribution in [0.2, 0.25) is 0 Å². The summed E-state index contributed by atoms with van der Waals surface area (Å²) in [6.45, 7) is 4.00. The number of rotatable bonds is 2. The first kappa shape index (κ1) is 14.1. The normalized spacial score (nSPS) is 23.0. The lowest BCUT2D eigenvalue weighted by atomic mass is 10.1. The Morgan fingerprint density at radius 2 is 2.14 bits per heavy atom. The van der Waals surface area contributed by atoms with Gasteiger partial charge in [0.15, 0.2) is 0 Å². The minimum atomic E-state index is -0.00126. The Morgan fingerprint density at radius 1 is 1.29 bits per heavy atom. The van der Waals surface area contributed by atoms with Crippen LogP contribution in [-0.4, -0.2) is 71.3 Å². The summed E-state index contributed by atoms with van der Waals surface area (Å²) in [7, 11) is 0. The Bertz CT molecular complexity index is 465. The summed E-state index contributed by atoms with van der Waals surface area (Å²) in [5.74, 6) is 0.565. The quantitative estimate of drug-likeness (QED) is 0.805. The lowest BCUT2D eigenvalue weighted by Crippen LogP contribution is -2.52. The molecule has 2 amide bonds. The third-order valence-corrected chi connectivity index (χ3v) is 3.77. The Balaban J connectivity index is 1.56. The standard InChI is InChI=1S/C14H20N4O3/c19-14(17-6-8-20-9-7-17)18-5-1-2-12(10-18)21-13-3-4-15-11-16-13/h3-4,11-12H,1-2,5-10H2/t12-/m1/s1. The first-order valence-electron chi connectivity index (χ1n) is 7.37. The van der Waals surface area contributed by atoms with Gasteiger partial charge in [0.05, 0.1) is 19.8 Å². The van der Waals surface area contributed by atoms with E-state index >= 15 is 0 Å². The fourth-order valence-corrected chi connectivity index (χ4v) is 2.68. The van der Waals surface area contributed by atoms with E-state index in [0.29, 0.717) is 38.7 Å². The summed E-state index contributed by atoms with van der Waals surface area (Å²) in [5.41, 5.74) is 0. The van der Waals surface area contributed by atoms with Crippen LogP contribution in [0, 0.1) is 0 Å². The molecular formula is C14H20N4O3. The number of likely N-dealkylation sites (tertiary alicyclic amines) is 1. The Kier molecular flexibility index (Phi) is 4.49. The molecule has 0 aromatic carbocycles. The molecule has 0 aliphatic carbocycles. The fourth-order valence-electron chi connectivity index (χ4n) is 2.68. The van der Waals surface area contributed by atoms with Gasteiger partial charge in [0.1, 0.15) is 12.4 Å². The second kappa shape index (κ2) is 6.71. The molecule has 7 heteroatoms. The van der Waals surface area contributed by atoms with Gasteiger partial charge >= 0.3 is 6.03 Å². The van der Waals surface area contributed by atoms with Gasteiger partial charge in [-0.3, -0.25) is 0 Å². The van der Waals surface area contributed by atoms with Crippen molar-refractivity contribution in [3.8, 4) is 5.88 Å². The van der Waals surface area contributed by atoms with Crippen molar-refractivity contribution in [3.63, 3.8) is 0 Å². The monoisotopic (exact) mass is 292 g/mol. The number of aromatic nitrogens is 2. The van der Waals surface area contributed by atoms with Crippen molar-refractivity contribution >= 4 is 6.03 Å². The molecular weight excluding hydrogens is 272 g/mol. The highest BCUT2D eigenvalue weighted by atomic mass is 16.5. The molecule has 0 radical (unpaired) electrons. The van der Waals surface area contributed by atoms with Crippen molar-refractivity contribution in [1.82, 2.24) is 19.8 Å². The van der Waals surface area contributed by atoms with Crippen molar-refractivity contribution in [2.24, 2.45) is 0 Å². The molecule has 0 unspecified atom stereocenters. The van der Waals surface area contributed by atoms with Crippen LogP contribution < -0.4 is 4.74 Å². The maximum Gasteiger partial charge on any atom is 0.320 e. The predicted molar refractivity (Wildman–Crippen MR) is 75.0 cm³/mol. The highest BCUT2D eigenvalue weighted by Gasteiger charge is 2.29. The van der Waals surface area contributed by atoms with E-state index in [4.69, 9.17) is 9.47 Å². The van der Waals surface area contributed by atoms with Crippen LogP contribution in [0.25, 0.3) is 0 Å². The summed E-state index contributed by atoms with van der Waals surface area (Å²) in [5, 5.41) is 0. The number of morpholine rings is 1. The number of urea groups is 1. The van der Waals surface area contributed by atoms with E-state index in [0.717, 1.165) is 19.4 Å². The van der Waals surface area contributed by atoms with Crippen LogP contribution in [0.1, 0.15) is 12.8 Å². The van der Waals surface area contributed by atoms with Crippen molar-refractivity contribution in [1.29, 1.82) is 0 Å². The van der Waals surface area contributed by atoms with Crippen LogP contribution in [0.5, 0.6) is 5.88 Å². The second-order valence-electron chi connectivity index (χ2n) is 5.26. The van der Waals surface area contributed by atoms with Crippen LogP contribution in [0.15, 0.2) is 18.6 Å². The maximum atomic E-state index is 12.5. The number of hydrogen-bond donors (Lipinski definition) is 0. The Hall–Kier alpha value is -1.89. The highest BCUT2D eigenvalue weighted by Crippen LogP contribution is 2.17. The first-order valence-corrected chi connectivity index (χ1v) is 7.37. The van der Waals surface area contributed by atoms with Gasteiger partial charge in [-0.2, -0.15) is 0 Å². The van der Waals surface area contributed by atoms with E-state index in [1.807, 2.05) is 9.80 Å². The molecule has 2 aliphatic rings. The summed E-state index contributed by atoms with van der Waals surface area (Å²) < 4.78 is 11.1. The van der Waals surface area contributed by atoms with Gasteiger partial charge in [0.25, 0.3) is 0 Å². The molecule has 21 heavy (non-hydrogen) atoms. The molecule has 114 valence electrons. The lowest BCUT2D eigenvalue weighted by molar-refractivity contribution is 0.0325. The number of nitrogens with zero attached hydrogens (tertiary/aromatic N) is 4. The number of carbonyl (C=O) groups excluding carboxylic acids is 1. The molecule has 2 aliphatic heterocycles. The molecule has 0 saturated carbocycles. The number of hydrogen-bond acceptors (Lipinski definition) is 5. The summed E-state index contributed by atoms with van der Waals surface area (Å²) in [6.07, 6.45) is 5.01. The number of ether oxygens (including phenoxy) is 2. The summed E-state index contributed by atoms with van der Waals surface area (Å²) >= 11 is 0. The van der Waals surface area contributed by atoms with Crippen LogP contribution in [-0.2, 0) is 4.74 Å². The molecule has 1 aromatic rings. The average molecular weight is 292 g/mol. The summed E-state index contributed by atoms with van der Waals surface area (Å²) in [6, 6.07) is 1.83. The van der Waals surface area contributed by atoms with Gasteiger partial charge in [-0.25, -0.2) is 14.8 Å². The zero-order chi connectivity index (χ0) is 14.5. The van der Waals surface area contributed by atoms with Gasteiger partial charge < -0.3 is 19.3 Å². The minimum absolute atomic E-state index is 0.00126. The van der Waals surface area contributed by atoms with Gasteiger partial charge in [0, 0.05) is 31.9 Å². The molecule has 0 spiro atoms. The fraction of sp³-hybridized carbons (Fsp3) is 0.643. The first-order chi connectivity index (χ1) is 10.3. The minimum Gasteiger partial charge on any atom is -0.472 e. The molecule has 1 aromatic heterocycles.